The van der Waals surface area contributed by atoms with Gasteiger partial charge in [-0.25, -0.2) is 9.80 Å². The minimum absolute atomic E-state index is 0.0113. The summed E-state index contributed by atoms with van der Waals surface area (Å²) < 4.78 is 40.4. The number of carbonyl (C=O) groups is 3. The minimum Gasteiger partial charge on any atom is -0.395 e. The van der Waals surface area contributed by atoms with Crippen molar-refractivity contribution in [1.82, 2.24) is 15.3 Å². The van der Waals surface area contributed by atoms with Crippen LogP contribution in [-0.2, 0) is 15.8 Å². The van der Waals surface area contributed by atoms with Crippen LogP contribution in [0.1, 0.15) is 22.7 Å². The molecule has 0 bridgehead atoms. The standard InChI is InChI=1S/C24H21F3N6O4/c25-24(26,27)16-2-1-3-17(10-16)33-18-12-31(8-9-34)30-22(36)20(18)21(32(23(33)37)13-19(29)35)15-6-4-14(11-28)5-7-15/h1-7,10,21,34H,8-9,12-13H2,(H2,29,35)(H,30,36)/t21-/m1/s1. The fourth-order valence-electron chi connectivity index (χ4n) is 4.38. The number of urea groups is 1. The van der Waals surface area contributed by atoms with E-state index in [1.54, 1.807) is 0 Å². The van der Waals surface area contributed by atoms with Crippen LogP contribution in [0.5, 0.6) is 0 Å². The number of aliphatic hydroxyl groups is 1. The largest absolute Gasteiger partial charge is 0.416 e. The summed E-state index contributed by atoms with van der Waals surface area (Å²) in [7, 11) is 0. The third-order valence-electron chi connectivity index (χ3n) is 5.93. The van der Waals surface area contributed by atoms with E-state index < -0.39 is 42.2 Å². The number of alkyl halides is 3. The van der Waals surface area contributed by atoms with Crippen molar-refractivity contribution in [3.05, 3.63) is 76.5 Å². The van der Waals surface area contributed by atoms with Gasteiger partial charge in [-0.2, -0.15) is 18.4 Å². The molecule has 4 amide bonds. The topological polar surface area (TPSA) is 143 Å². The Bertz CT molecular complexity index is 1320. The predicted molar refractivity (Wildman–Crippen MR) is 123 cm³/mol. The number of hydrogen-bond acceptors (Lipinski definition) is 6. The molecule has 0 unspecified atom stereocenters. The number of β-amino-alcohol motifs (C(OH)–C–C–N with tert-alkyl or cyclic N) is 1. The molecule has 4 N–H and O–H groups in total. The van der Waals surface area contributed by atoms with Crippen LogP contribution in [0.4, 0.5) is 23.7 Å². The number of nitrogens with zero attached hydrogens (tertiary/aromatic N) is 4. The molecule has 2 aliphatic heterocycles. The average molecular weight is 514 g/mol. The van der Waals surface area contributed by atoms with Crippen molar-refractivity contribution in [1.29, 1.82) is 5.26 Å². The molecular formula is C24H21F3N6O4. The number of hydrazine groups is 1. The van der Waals surface area contributed by atoms with Gasteiger partial charge in [-0.3, -0.25) is 19.9 Å². The smallest absolute Gasteiger partial charge is 0.395 e. The Morgan fingerprint density at radius 3 is 2.49 bits per heavy atom. The Morgan fingerprint density at radius 1 is 1.19 bits per heavy atom. The third-order valence-corrected chi connectivity index (χ3v) is 5.93. The summed E-state index contributed by atoms with van der Waals surface area (Å²) in [5.74, 6) is -1.58. The van der Waals surface area contributed by atoms with Crippen LogP contribution in [0.15, 0.2) is 59.8 Å². The van der Waals surface area contributed by atoms with E-state index in [1.807, 2.05) is 6.07 Å². The molecule has 0 saturated heterocycles. The highest BCUT2D eigenvalue weighted by atomic mass is 19.4. The maximum Gasteiger partial charge on any atom is 0.416 e. The number of aliphatic hydroxyl groups excluding tert-OH is 1. The molecule has 0 fully saturated rings. The molecule has 2 aromatic rings. The number of rotatable bonds is 6. The van der Waals surface area contributed by atoms with Gasteiger partial charge < -0.3 is 15.7 Å². The van der Waals surface area contributed by atoms with Gasteiger partial charge >= 0.3 is 12.2 Å². The lowest BCUT2D eigenvalue weighted by Gasteiger charge is -2.46. The highest BCUT2D eigenvalue weighted by Crippen LogP contribution is 2.42. The lowest BCUT2D eigenvalue weighted by atomic mass is 9.90. The second kappa shape index (κ2) is 9.92. The van der Waals surface area contributed by atoms with Gasteiger partial charge in [-0.15, -0.1) is 0 Å². The van der Waals surface area contributed by atoms with E-state index in [9.17, 15) is 32.7 Å². The zero-order valence-electron chi connectivity index (χ0n) is 19.2. The molecule has 0 aliphatic carbocycles. The van der Waals surface area contributed by atoms with Crippen molar-refractivity contribution >= 4 is 23.5 Å². The summed E-state index contributed by atoms with van der Waals surface area (Å²) in [6.07, 6.45) is -4.70. The Kier molecular flexibility index (Phi) is 6.88. The molecule has 0 radical (unpaired) electrons. The number of amides is 4. The molecular weight excluding hydrogens is 493 g/mol. The van der Waals surface area contributed by atoms with E-state index in [1.165, 1.54) is 35.3 Å². The Balaban J connectivity index is 1.96. The van der Waals surface area contributed by atoms with Crippen LogP contribution in [0.3, 0.4) is 0 Å². The summed E-state index contributed by atoms with van der Waals surface area (Å²) in [6, 6.07) is 9.98. The number of halogens is 3. The van der Waals surface area contributed by atoms with Crippen molar-refractivity contribution in [2.24, 2.45) is 5.73 Å². The molecule has 2 aliphatic rings. The summed E-state index contributed by atoms with van der Waals surface area (Å²) >= 11 is 0. The Labute approximate surface area is 208 Å². The van der Waals surface area contributed by atoms with Crippen molar-refractivity contribution in [3.63, 3.8) is 0 Å². The Hall–Kier alpha value is -4.41. The normalized spacial score (nSPS) is 18.4. The molecule has 2 heterocycles. The first-order chi connectivity index (χ1) is 17.5. The van der Waals surface area contributed by atoms with Gasteiger partial charge in [0, 0.05) is 6.54 Å². The van der Waals surface area contributed by atoms with E-state index in [0.29, 0.717) is 11.1 Å². The van der Waals surface area contributed by atoms with Crippen molar-refractivity contribution in [2.45, 2.75) is 12.2 Å². The van der Waals surface area contributed by atoms with Crippen LogP contribution in [0, 0.1) is 11.3 Å². The molecule has 10 nitrogen and oxygen atoms in total. The lowest BCUT2D eigenvalue weighted by Crippen LogP contribution is -2.60. The maximum atomic E-state index is 13.8. The molecule has 2 aromatic carbocycles. The highest BCUT2D eigenvalue weighted by Gasteiger charge is 2.47. The number of nitriles is 1. The van der Waals surface area contributed by atoms with Crippen molar-refractivity contribution < 1.29 is 32.7 Å². The molecule has 4 rings (SSSR count). The van der Waals surface area contributed by atoms with Gasteiger partial charge in [-0.05, 0) is 35.9 Å². The van der Waals surface area contributed by atoms with Crippen LogP contribution in [-0.4, -0.2) is 59.1 Å². The van der Waals surface area contributed by atoms with E-state index >= 15 is 0 Å². The summed E-state index contributed by atoms with van der Waals surface area (Å²) in [6.45, 7) is -1.11. The molecule has 37 heavy (non-hydrogen) atoms. The first kappa shape index (κ1) is 25.7. The summed E-state index contributed by atoms with van der Waals surface area (Å²) in [5.41, 5.74) is 7.62. The van der Waals surface area contributed by atoms with E-state index in [4.69, 9.17) is 11.0 Å². The van der Waals surface area contributed by atoms with Gasteiger partial charge in [0.1, 0.15) is 6.54 Å². The van der Waals surface area contributed by atoms with Gasteiger partial charge in [-0.1, -0.05) is 18.2 Å². The second-order valence-electron chi connectivity index (χ2n) is 8.34. The fourth-order valence-corrected chi connectivity index (χ4v) is 4.38. The number of benzene rings is 2. The van der Waals surface area contributed by atoms with Gasteiger partial charge in [0.2, 0.25) is 5.91 Å². The molecule has 0 spiro atoms. The third kappa shape index (κ3) is 4.97. The van der Waals surface area contributed by atoms with E-state index in [0.717, 1.165) is 28.0 Å². The monoisotopic (exact) mass is 514 g/mol. The average Bonchev–Trinajstić information content (AvgIpc) is 2.84. The summed E-state index contributed by atoms with van der Waals surface area (Å²) in [5, 5.41) is 19.8. The first-order valence-corrected chi connectivity index (χ1v) is 11.0. The number of primary amides is 1. The van der Waals surface area contributed by atoms with Gasteiger partial charge in [0.05, 0.1) is 53.3 Å². The number of hydrogen-bond donors (Lipinski definition) is 3. The number of carbonyl (C=O) groups excluding carboxylic acids is 3. The molecule has 0 aromatic heterocycles. The Morgan fingerprint density at radius 2 is 1.89 bits per heavy atom. The quantitative estimate of drug-likeness (QED) is 0.535. The zero-order valence-corrected chi connectivity index (χ0v) is 19.2. The van der Waals surface area contributed by atoms with Crippen LogP contribution >= 0.6 is 0 Å². The van der Waals surface area contributed by atoms with Gasteiger partial charge in [0.15, 0.2) is 0 Å². The van der Waals surface area contributed by atoms with E-state index in [2.05, 4.69) is 5.43 Å². The van der Waals surface area contributed by atoms with E-state index in [-0.39, 0.29) is 36.7 Å². The molecule has 192 valence electrons. The first-order valence-electron chi connectivity index (χ1n) is 11.0. The molecule has 13 heteroatoms. The number of nitrogens with two attached hydrogens (primary N) is 1. The van der Waals surface area contributed by atoms with Crippen molar-refractivity contribution in [2.75, 3.05) is 31.1 Å². The minimum atomic E-state index is -4.70. The predicted octanol–water partition coefficient (Wildman–Crippen LogP) is 1.64. The second-order valence-corrected chi connectivity index (χ2v) is 8.34. The number of anilines is 1. The molecule has 1 atom stereocenters. The highest BCUT2D eigenvalue weighted by molar-refractivity contribution is 6.06. The lowest BCUT2D eigenvalue weighted by molar-refractivity contribution is -0.137. The molecule has 0 saturated carbocycles. The van der Waals surface area contributed by atoms with Gasteiger partial charge in [0.25, 0.3) is 5.91 Å². The number of nitrogens with one attached hydrogen (secondary N) is 1. The van der Waals surface area contributed by atoms with Crippen LogP contribution < -0.4 is 16.1 Å². The zero-order chi connectivity index (χ0) is 26.9. The summed E-state index contributed by atoms with van der Waals surface area (Å²) in [4.78, 5) is 41.1. The SMILES string of the molecule is N#Cc1ccc([C@@H]2C3=C(CN(CCO)NC3=O)N(c3cccc(C(F)(F)F)c3)C(=O)N2CC(N)=O)cc1. The van der Waals surface area contributed by atoms with Crippen LogP contribution in [0.2, 0.25) is 0 Å². The maximum absolute atomic E-state index is 13.8. The fraction of sp³-hybridized carbons (Fsp3) is 0.250. The van der Waals surface area contributed by atoms with Crippen molar-refractivity contribution in [3.8, 4) is 6.07 Å². The van der Waals surface area contributed by atoms with Crippen LogP contribution in [0.25, 0.3) is 0 Å².